The van der Waals surface area contributed by atoms with Gasteiger partial charge in [-0.25, -0.2) is 14.3 Å². The summed E-state index contributed by atoms with van der Waals surface area (Å²) in [4.78, 5) is 15.8. The maximum absolute atomic E-state index is 11.3. The number of sulfone groups is 1. The van der Waals surface area contributed by atoms with Crippen LogP contribution in [0.5, 0.6) is 0 Å². The van der Waals surface area contributed by atoms with E-state index < -0.39 is 15.3 Å². The highest BCUT2D eigenvalue weighted by molar-refractivity contribution is 7.91. The lowest BCUT2D eigenvalue weighted by Gasteiger charge is -2.34. The summed E-state index contributed by atoms with van der Waals surface area (Å²) in [6.07, 6.45) is 0.930. The predicted octanol–water partition coefficient (Wildman–Crippen LogP) is -0.365. The number of rotatable bonds is 4. The molecule has 2 N–H and O–H groups in total. The molecule has 0 atom stereocenters. The van der Waals surface area contributed by atoms with Crippen molar-refractivity contribution in [3.05, 3.63) is 0 Å². The van der Waals surface area contributed by atoms with E-state index in [1.807, 2.05) is 0 Å². The lowest BCUT2D eigenvalue weighted by molar-refractivity contribution is -0.145. The quantitative estimate of drug-likeness (QED) is 0.541. The molecule has 16 heavy (non-hydrogen) atoms. The summed E-state index contributed by atoms with van der Waals surface area (Å²) < 4.78 is 27.2. The summed E-state index contributed by atoms with van der Waals surface area (Å²) in [5, 5.41) is 0. The van der Waals surface area contributed by atoms with Crippen molar-refractivity contribution < 1.29 is 22.8 Å². The molecule has 6 nitrogen and oxygen atoms in total. The molecule has 1 fully saturated rings. The number of nitrogens with two attached hydrogens (primary N) is 1. The molecule has 1 saturated heterocycles. The average molecular weight is 251 g/mol. The predicted molar refractivity (Wildman–Crippen MR) is 57.1 cm³/mol. The van der Waals surface area contributed by atoms with Crippen LogP contribution in [0.2, 0.25) is 0 Å². The van der Waals surface area contributed by atoms with E-state index in [4.69, 9.17) is 5.90 Å². The second kappa shape index (κ2) is 5.11. The van der Waals surface area contributed by atoms with Crippen LogP contribution in [0, 0.1) is 5.41 Å². The van der Waals surface area contributed by atoms with E-state index in [1.165, 1.54) is 7.11 Å². The van der Waals surface area contributed by atoms with E-state index in [-0.39, 0.29) is 30.5 Å². The van der Waals surface area contributed by atoms with Crippen LogP contribution in [0.3, 0.4) is 0 Å². The third-order valence-electron chi connectivity index (χ3n) is 3.02. The number of esters is 1. The van der Waals surface area contributed by atoms with Crippen molar-refractivity contribution in [1.29, 1.82) is 0 Å². The molecule has 0 aromatic carbocycles. The molecule has 0 aromatic rings. The van der Waals surface area contributed by atoms with Crippen molar-refractivity contribution >= 4 is 15.8 Å². The number of carbonyl (C=O) groups excluding carboxylic acids is 1. The Bertz CT molecular complexity index is 337. The fourth-order valence-electron chi connectivity index (χ4n) is 1.90. The normalized spacial score (nSPS) is 22.6. The largest absolute Gasteiger partial charge is 0.469 e. The molecular formula is C9H17NO5S. The molecule has 7 heteroatoms. The Kier molecular flexibility index (Phi) is 4.28. The monoisotopic (exact) mass is 251 g/mol. The van der Waals surface area contributed by atoms with Gasteiger partial charge in [0.2, 0.25) is 0 Å². The minimum Gasteiger partial charge on any atom is -0.469 e. The van der Waals surface area contributed by atoms with Gasteiger partial charge in [0.15, 0.2) is 0 Å². The molecule has 0 aromatic heterocycles. The lowest BCUT2D eigenvalue weighted by Crippen LogP contribution is -2.39. The summed E-state index contributed by atoms with van der Waals surface area (Å²) in [5.74, 6) is 4.82. The molecule has 0 aliphatic carbocycles. The highest BCUT2D eigenvalue weighted by atomic mass is 32.2. The summed E-state index contributed by atoms with van der Waals surface area (Å²) in [5.41, 5.74) is -0.493. The van der Waals surface area contributed by atoms with Crippen molar-refractivity contribution in [2.45, 2.75) is 19.3 Å². The molecule has 1 aliphatic heterocycles. The Hall–Kier alpha value is -0.660. The van der Waals surface area contributed by atoms with E-state index >= 15 is 0 Å². The molecule has 1 aliphatic rings. The standard InChI is InChI=1S/C9H17NO5S/c1-14-8(11)6-9(7-15-10)2-4-16(12,13)5-3-9/h2-7,10H2,1H3. The van der Waals surface area contributed by atoms with E-state index in [0.29, 0.717) is 12.8 Å². The fraction of sp³-hybridized carbons (Fsp3) is 0.889. The van der Waals surface area contributed by atoms with Crippen LogP contribution in [0.25, 0.3) is 0 Å². The van der Waals surface area contributed by atoms with E-state index in [0.717, 1.165) is 0 Å². The van der Waals surface area contributed by atoms with Gasteiger partial charge in [-0.3, -0.25) is 4.79 Å². The number of hydrogen-bond acceptors (Lipinski definition) is 6. The minimum atomic E-state index is -2.96. The van der Waals surface area contributed by atoms with Crippen LogP contribution < -0.4 is 5.90 Å². The summed E-state index contributed by atoms with van der Waals surface area (Å²) in [6.45, 7) is 0.178. The third kappa shape index (κ3) is 3.43. The van der Waals surface area contributed by atoms with Crippen LogP contribution >= 0.6 is 0 Å². The van der Waals surface area contributed by atoms with Gasteiger partial charge in [-0.1, -0.05) is 0 Å². The molecule has 1 rings (SSSR count). The zero-order chi connectivity index (χ0) is 12.2. The van der Waals surface area contributed by atoms with E-state index in [1.54, 1.807) is 0 Å². The second-order valence-corrected chi connectivity index (χ2v) is 6.52. The van der Waals surface area contributed by atoms with Crippen LogP contribution in [-0.2, 0) is 24.2 Å². The van der Waals surface area contributed by atoms with Gasteiger partial charge in [0, 0.05) is 5.41 Å². The Morgan fingerprint density at radius 3 is 2.38 bits per heavy atom. The van der Waals surface area contributed by atoms with Gasteiger partial charge in [0.1, 0.15) is 9.84 Å². The second-order valence-electron chi connectivity index (χ2n) is 4.22. The van der Waals surface area contributed by atoms with Gasteiger partial charge in [-0.2, -0.15) is 0 Å². The molecule has 0 amide bonds. The zero-order valence-corrected chi connectivity index (χ0v) is 10.1. The van der Waals surface area contributed by atoms with Gasteiger partial charge >= 0.3 is 5.97 Å². The van der Waals surface area contributed by atoms with Crippen molar-refractivity contribution in [1.82, 2.24) is 0 Å². The third-order valence-corrected chi connectivity index (χ3v) is 4.68. The Balaban J connectivity index is 2.71. The zero-order valence-electron chi connectivity index (χ0n) is 9.27. The first-order valence-electron chi connectivity index (χ1n) is 5.02. The van der Waals surface area contributed by atoms with Crippen molar-refractivity contribution in [2.75, 3.05) is 25.2 Å². The van der Waals surface area contributed by atoms with Gasteiger partial charge in [-0.15, -0.1) is 0 Å². The number of carbonyl (C=O) groups is 1. The van der Waals surface area contributed by atoms with E-state index in [9.17, 15) is 13.2 Å². The molecular weight excluding hydrogens is 234 g/mol. The smallest absolute Gasteiger partial charge is 0.306 e. The number of hydrogen-bond donors (Lipinski definition) is 1. The highest BCUT2D eigenvalue weighted by Crippen LogP contribution is 2.36. The maximum Gasteiger partial charge on any atom is 0.306 e. The summed E-state index contributed by atoms with van der Waals surface area (Å²) in [7, 11) is -1.66. The fourth-order valence-corrected chi connectivity index (χ4v) is 3.59. The Morgan fingerprint density at radius 1 is 1.38 bits per heavy atom. The molecule has 0 spiro atoms. The molecule has 0 saturated carbocycles. The Labute approximate surface area is 95.0 Å². The average Bonchev–Trinajstić information content (AvgIpc) is 2.23. The van der Waals surface area contributed by atoms with Gasteiger partial charge in [0.05, 0.1) is 31.6 Å². The van der Waals surface area contributed by atoms with Gasteiger partial charge < -0.3 is 9.57 Å². The molecule has 1 heterocycles. The topological polar surface area (TPSA) is 95.7 Å². The first-order valence-corrected chi connectivity index (χ1v) is 6.84. The lowest BCUT2D eigenvalue weighted by atomic mass is 9.79. The van der Waals surface area contributed by atoms with Crippen molar-refractivity contribution in [3.63, 3.8) is 0 Å². The van der Waals surface area contributed by atoms with Crippen LogP contribution in [0.1, 0.15) is 19.3 Å². The van der Waals surface area contributed by atoms with Gasteiger partial charge in [0.25, 0.3) is 0 Å². The maximum atomic E-state index is 11.3. The first-order chi connectivity index (χ1) is 7.43. The highest BCUT2D eigenvalue weighted by Gasteiger charge is 2.39. The van der Waals surface area contributed by atoms with Gasteiger partial charge in [-0.05, 0) is 12.8 Å². The SMILES string of the molecule is COC(=O)CC1(CON)CCS(=O)(=O)CC1. The summed E-state index contributed by atoms with van der Waals surface area (Å²) >= 11 is 0. The number of methoxy groups -OCH3 is 1. The molecule has 0 unspecified atom stereocenters. The molecule has 0 radical (unpaired) electrons. The van der Waals surface area contributed by atoms with Crippen molar-refractivity contribution in [2.24, 2.45) is 11.3 Å². The molecule has 0 bridgehead atoms. The van der Waals surface area contributed by atoms with Crippen molar-refractivity contribution in [3.8, 4) is 0 Å². The minimum absolute atomic E-state index is 0.0767. The Morgan fingerprint density at radius 2 is 1.94 bits per heavy atom. The summed E-state index contributed by atoms with van der Waals surface area (Å²) in [6, 6.07) is 0. The van der Waals surface area contributed by atoms with Crippen LogP contribution in [0.15, 0.2) is 0 Å². The van der Waals surface area contributed by atoms with E-state index in [2.05, 4.69) is 9.57 Å². The number of ether oxygens (including phenoxy) is 1. The first kappa shape index (κ1) is 13.4. The van der Waals surface area contributed by atoms with Crippen LogP contribution in [0.4, 0.5) is 0 Å². The van der Waals surface area contributed by atoms with Crippen LogP contribution in [-0.4, -0.2) is 39.6 Å². The molecule has 94 valence electrons.